The molecule has 3 heterocycles. The number of ketones is 3. The molecule has 0 aromatic carbocycles. The van der Waals surface area contributed by atoms with Crippen LogP contribution in [0, 0.1) is 35.5 Å². The minimum atomic E-state index is -2.43. The second-order valence-corrected chi connectivity index (χ2v) is 20.1. The molecule has 2 unspecified atom stereocenters. The Morgan fingerprint density at radius 3 is 2.26 bits per heavy atom. The minimum Gasteiger partial charge on any atom is -0.460 e. The van der Waals surface area contributed by atoms with Crippen LogP contribution in [0.1, 0.15) is 139 Å². The number of methoxy groups -OCH3 is 3. The topological polar surface area (TPSA) is 175 Å². The minimum absolute atomic E-state index is 0.0295. The molecule has 14 atom stereocenters. The van der Waals surface area contributed by atoms with Crippen molar-refractivity contribution < 1.29 is 57.9 Å². The van der Waals surface area contributed by atoms with Crippen LogP contribution in [-0.4, -0.2) is 120 Å². The van der Waals surface area contributed by atoms with E-state index in [2.05, 4.69) is 0 Å². The predicted molar refractivity (Wildman–Crippen MR) is 248 cm³/mol. The van der Waals surface area contributed by atoms with Crippen LogP contribution >= 0.6 is 0 Å². The molecule has 0 spiro atoms. The van der Waals surface area contributed by atoms with Crippen molar-refractivity contribution in [3.63, 3.8) is 0 Å². The first kappa shape index (κ1) is 54.3. The SMILES string of the molecule is COC1C(=O)[C@H](C)C[C@H](C)/C=C/C=C/C=C(\C)[C@@H](OC)C[C@@H]2CC[C@@H](C)[C@@](O)(O2)C(=O)C(=O)N2CCCCC2(C)C(=O)O[C@H]([C@H](C)C[C@@H]2CCC[C@H](OC)C2)CC(=O)[C@H](C)/C=C(\C)[C@H]1O. The van der Waals surface area contributed by atoms with E-state index in [1.54, 1.807) is 48.0 Å². The number of hydrogen-bond donors (Lipinski definition) is 2. The van der Waals surface area contributed by atoms with Crippen LogP contribution in [-0.2, 0) is 47.7 Å². The van der Waals surface area contributed by atoms with Crippen LogP contribution in [0.4, 0.5) is 0 Å². The number of hydrogen-bond acceptors (Lipinski definition) is 12. The Morgan fingerprint density at radius 1 is 0.862 bits per heavy atom. The summed E-state index contributed by atoms with van der Waals surface area (Å²) < 4.78 is 29.7. The average molecular weight is 912 g/mol. The molecule has 2 saturated heterocycles. The number of nitrogens with zero attached hydrogens (tertiary/aromatic N) is 1. The zero-order valence-electron chi connectivity index (χ0n) is 41.2. The van der Waals surface area contributed by atoms with Crippen molar-refractivity contribution in [2.75, 3.05) is 27.9 Å². The highest BCUT2D eigenvalue weighted by Crippen LogP contribution is 2.39. The van der Waals surface area contributed by atoms with Crippen LogP contribution in [0.5, 0.6) is 0 Å². The molecule has 13 nitrogen and oxygen atoms in total. The van der Waals surface area contributed by atoms with E-state index in [-0.39, 0.29) is 54.8 Å². The van der Waals surface area contributed by atoms with Crippen LogP contribution in [0.15, 0.2) is 47.6 Å². The smallest absolute Gasteiger partial charge is 0.332 e. The van der Waals surface area contributed by atoms with Gasteiger partial charge >= 0.3 is 5.97 Å². The number of rotatable bonds is 6. The van der Waals surface area contributed by atoms with E-state index < -0.39 is 77.3 Å². The molecule has 1 saturated carbocycles. The van der Waals surface area contributed by atoms with Gasteiger partial charge in [-0.3, -0.25) is 19.2 Å². The Bertz CT molecular complexity index is 1770. The molecule has 3 fully saturated rings. The maximum atomic E-state index is 14.7. The van der Waals surface area contributed by atoms with Crippen molar-refractivity contribution in [1.82, 2.24) is 4.90 Å². The molecule has 3 aliphatic heterocycles. The summed E-state index contributed by atoms with van der Waals surface area (Å²) in [6.45, 7) is 14.5. The van der Waals surface area contributed by atoms with Gasteiger partial charge in [0, 0.05) is 58.5 Å². The van der Waals surface area contributed by atoms with E-state index in [1.807, 2.05) is 58.1 Å². The number of piperidine rings is 1. The van der Waals surface area contributed by atoms with E-state index >= 15 is 0 Å². The number of esters is 1. The molecule has 366 valence electrons. The lowest BCUT2D eigenvalue weighted by Gasteiger charge is -2.46. The summed E-state index contributed by atoms with van der Waals surface area (Å²) in [5.41, 5.74) is -0.271. The van der Waals surface area contributed by atoms with E-state index in [0.717, 1.165) is 31.3 Å². The third-order valence-corrected chi connectivity index (χ3v) is 14.9. The lowest BCUT2D eigenvalue weighted by molar-refractivity contribution is -0.266. The van der Waals surface area contributed by atoms with Crippen molar-refractivity contribution in [2.24, 2.45) is 35.5 Å². The summed E-state index contributed by atoms with van der Waals surface area (Å²) in [5, 5.41) is 23.5. The van der Waals surface area contributed by atoms with Gasteiger partial charge in [0.05, 0.1) is 18.3 Å². The Kier molecular flexibility index (Phi) is 20.6. The highest BCUT2D eigenvalue weighted by molar-refractivity contribution is 6.39. The van der Waals surface area contributed by atoms with Gasteiger partial charge < -0.3 is 38.8 Å². The number of amides is 1. The van der Waals surface area contributed by atoms with Crippen molar-refractivity contribution in [3.8, 4) is 0 Å². The number of carbonyl (C=O) groups excluding carboxylic acids is 5. The number of carbonyl (C=O) groups is 5. The lowest BCUT2D eigenvalue weighted by atomic mass is 9.79. The van der Waals surface area contributed by atoms with E-state index in [4.69, 9.17) is 23.7 Å². The van der Waals surface area contributed by atoms with Gasteiger partial charge in [-0.05, 0) is 107 Å². The maximum Gasteiger partial charge on any atom is 0.332 e. The molecular formula is C52H81NO12. The first-order valence-corrected chi connectivity index (χ1v) is 24.2. The number of allylic oxidation sites excluding steroid dienone is 6. The fourth-order valence-corrected chi connectivity index (χ4v) is 10.4. The molecule has 4 aliphatic rings. The van der Waals surface area contributed by atoms with Crippen molar-refractivity contribution in [3.05, 3.63) is 47.6 Å². The second-order valence-electron chi connectivity index (χ2n) is 20.1. The van der Waals surface area contributed by atoms with Crippen molar-refractivity contribution in [1.29, 1.82) is 0 Å². The van der Waals surface area contributed by atoms with Gasteiger partial charge in [0.15, 0.2) is 5.78 Å². The van der Waals surface area contributed by atoms with Gasteiger partial charge in [0.2, 0.25) is 5.79 Å². The molecule has 2 bridgehead atoms. The average Bonchev–Trinajstić information content (AvgIpc) is 3.28. The lowest BCUT2D eigenvalue weighted by Crippen LogP contribution is -2.64. The predicted octanol–water partition coefficient (Wildman–Crippen LogP) is 7.60. The van der Waals surface area contributed by atoms with Gasteiger partial charge in [-0.2, -0.15) is 0 Å². The molecule has 2 N–H and O–H groups in total. The first-order chi connectivity index (χ1) is 30.7. The summed E-state index contributed by atoms with van der Waals surface area (Å²) in [4.78, 5) is 72.6. The van der Waals surface area contributed by atoms with Crippen LogP contribution in [0.25, 0.3) is 0 Å². The van der Waals surface area contributed by atoms with Gasteiger partial charge in [-0.15, -0.1) is 0 Å². The Labute approximate surface area is 388 Å². The number of aliphatic hydroxyl groups excluding tert-OH is 1. The number of fused-ring (bicyclic) bond motifs is 3. The summed E-state index contributed by atoms with van der Waals surface area (Å²) in [7, 11) is 4.69. The molecular weight excluding hydrogens is 831 g/mol. The van der Waals surface area contributed by atoms with E-state index in [0.29, 0.717) is 50.5 Å². The molecule has 1 amide bonds. The summed E-state index contributed by atoms with van der Waals surface area (Å²) >= 11 is 0. The van der Waals surface area contributed by atoms with Crippen molar-refractivity contribution >= 4 is 29.2 Å². The quantitative estimate of drug-likeness (QED) is 0.152. The molecule has 0 aromatic rings. The monoisotopic (exact) mass is 912 g/mol. The maximum absolute atomic E-state index is 14.7. The molecule has 0 aromatic heterocycles. The molecule has 0 radical (unpaired) electrons. The highest BCUT2D eigenvalue weighted by Gasteiger charge is 2.55. The standard InChI is InChI=1S/C52H81NO12/c1-32-18-13-12-14-19-33(2)43(62-10)30-41-23-22-38(7)52(60,65-41)48(57)49(58)53-25-16-15-24-51(53,8)50(59)64-44(35(4)28-39-20-17-21-40(29-39)61-9)31-42(54)34(3)27-37(6)46(56)47(63-11)45(55)36(5)26-32/h12-14,18-19,27,32,34-36,38-41,43-44,46-47,56,60H,15-17,20-26,28-31H2,1-11H3/b14-12+,18-13+,33-19+,37-27+/t32-,34-,35-,36-,38-,39+,40+,41+,43+,44+,46-,47?,51?,52-/m1/s1. The number of aliphatic hydroxyl groups is 2. The van der Waals surface area contributed by atoms with Crippen LogP contribution < -0.4 is 0 Å². The van der Waals surface area contributed by atoms with Gasteiger partial charge in [-0.1, -0.05) is 83.9 Å². The summed E-state index contributed by atoms with van der Waals surface area (Å²) in [6.07, 6.45) is 14.5. The van der Waals surface area contributed by atoms with Crippen molar-refractivity contribution in [2.45, 2.75) is 187 Å². The van der Waals surface area contributed by atoms with Gasteiger partial charge in [0.1, 0.15) is 29.6 Å². The molecule has 1 aliphatic carbocycles. The number of cyclic esters (lactones) is 1. The van der Waals surface area contributed by atoms with Gasteiger partial charge in [0.25, 0.3) is 11.7 Å². The molecule has 4 rings (SSSR count). The largest absolute Gasteiger partial charge is 0.460 e. The fraction of sp³-hybridized carbons (Fsp3) is 0.750. The summed E-state index contributed by atoms with van der Waals surface area (Å²) in [5.74, 6) is -7.55. The zero-order valence-corrected chi connectivity index (χ0v) is 41.2. The normalized spacial score (nSPS) is 40.4. The first-order valence-electron chi connectivity index (χ1n) is 24.2. The molecule has 65 heavy (non-hydrogen) atoms. The highest BCUT2D eigenvalue weighted by atomic mass is 16.6. The van der Waals surface area contributed by atoms with E-state index in [9.17, 15) is 34.2 Å². The number of Topliss-reactive ketones (excluding diaryl/α,β-unsaturated/α-hetero) is 3. The van der Waals surface area contributed by atoms with Crippen LogP contribution in [0.2, 0.25) is 0 Å². The fourth-order valence-electron chi connectivity index (χ4n) is 10.4. The van der Waals surface area contributed by atoms with Gasteiger partial charge in [-0.25, -0.2) is 4.79 Å². The second kappa shape index (κ2) is 24.6. The third-order valence-electron chi connectivity index (χ3n) is 14.9. The Morgan fingerprint density at radius 2 is 1.58 bits per heavy atom. The number of ether oxygens (including phenoxy) is 5. The summed E-state index contributed by atoms with van der Waals surface area (Å²) in [6, 6.07) is 0. The van der Waals surface area contributed by atoms with E-state index in [1.165, 1.54) is 12.0 Å². The Balaban J connectivity index is 1.73. The molecule has 13 heteroatoms. The zero-order chi connectivity index (χ0) is 48.2. The Hall–Kier alpha value is -3.33. The van der Waals surface area contributed by atoms with Crippen LogP contribution in [0.3, 0.4) is 0 Å². The third kappa shape index (κ3) is 13.9.